The molecule has 4 heteroatoms. The summed E-state index contributed by atoms with van der Waals surface area (Å²) in [5.74, 6) is 1.21. The maximum Gasteiger partial charge on any atom is 0.225 e. The number of hydrogen-bond donors (Lipinski definition) is 1. The highest BCUT2D eigenvalue weighted by Gasteiger charge is 2.21. The standard InChI is InChI=1S/C15H17N3O/c1-16-15-17-10-9-14(18-15)19-13-8-4-6-11-5-2-3-7-12(11)13/h2-3,5,7,9-10,13H,4,6,8H2,1H3,(H,16,17,18). The number of fused-ring (bicyclic) bond motifs is 1. The minimum absolute atomic E-state index is 0.101. The van der Waals surface area contributed by atoms with Gasteiger partial charge in [0.1, 0.15) is 6.10 Å². The molecule has 0 bridgehead atoms. The zero-order valence-electron chi connectivity index (χ0n) is 11.0. The first-order chi connectivity index (χ1) is 9.36. The van der Waals surface area contributed by atoms with Crippen molar-refractivity contribution in [2.24, 2.45) is 0 Å². The summed E-state index contributed by atoms with van der Waals surface area (Å²) in [4.78, 5) is 8.41. The number of rotatable bonds is 3. The highest BCUT2D eigenvalue weighted by molar-refractivity contribution is 5.32. The highest BCUT2D eigenvalue weighted by Crippen LogP contribution is 2.32. The van der Waals surface area contributed by atoms with Crippen LogP contribution in [0.25, 0.3) is 0 Å². The normalized spacial score (nSPS) is 17.6. The van der Waals surface area contributed by atoms with Crippen molar-refractivity contribution in [2.75, 3.05) is 12.4 Å². The quantitative estimate of drug-likeness (QED) is 0.916. The van der Waals surface area contributed by atoms with E-state index in [1.54, 1.807) is 19.3 Å². The van der Waals surface area contributed by atoms with Crippen LogP contribution in [0.1, 0.15) is 30.1 Å². The highest BCUT2D eigenvalue weighted by atomic mass is 16.5. The second kappa shape index (κ2) is 5.26. The Kier molecular flexibility index (Phi) is 3.31. The molecule has 4 nitrogen and oxygen atoms in total. The van der Waals surface area contributed by atoms with Crippen LogP contribution in [0.3, 0.4) is 0 Å². The molecule has 0 spiro atoms. The second-order valence-corrected chi connectivity index (χ2v) is 4.67. The van der Waals surface area contributed by atoms with Crippen LogP contribution < -0.4 is 10.1 Å². The minimum Gasteiger partial charge on any atom is -0.469 e. The summed E-state index contributed by atoms with van der Waals surface area (Å²) in [6.45, 7) is 0. The Morgan fingerprint density at radius 3 is 3.05 bits per heavy atom. The van der Waals surface area contributed by atoms with E-state index in [4.69, 9.17) is 4.74 Å². The van der Waals surface area contributed by atoms with E-state index < -0.39 is 0 Å². The SMILES string of the molecule is CNc1nccc(OC2CCCc3ccccc32)n1. The number of nitrogens with one attached hydrogen (secondary N) is 1. The third-order valence-electron chi connectivity index (χ3n) is 3.43. The van der Waals surface area contributed by atoms with Gasteiger partial charge in [0.25, 0.3) is 0 Å². The molecule has 1 N–H and O–H groups in total. The molecule has 0 fully saturated rings. The molecule has 1 aromatic carbocycles. The summed E-state index contributed by atoms with van der Waals surface area (Å²) in [6, 6.07) is 10.3. The molecule has 1 unspecified atom stereocenters. The predicted octanol–water partition coefficient (Wildman–Crippen LogP) is 2.97. The van der Waals surface area contributed by atoms with Crippen LogP contribution in [0.4, 0.5) is 5.95 Å². The first-order valence-corrected chi connectivity index (χ1v) is 6.62. The van der Waals surface area contributed by atoms with Crippen molar-refractivity contribution in [1.29, 1.82) is 0 Å². The Morgan fingerprint density at radius 1 is 1.26 bits per heavy atom. The second-order valence-electron chi connectivity index (χ2n) is 4.67. The van der Waals surface area contributed by atoms with Crippen LogP contribution in [0, 0.1) is 0 Å². The van der Waals surface area contributed by atoms with Gasteiger partial charge in [0.15, 0.2) is 0 Å². The van der Waals surface area contributed by atoms with Crippen LogP contribution in [0.15, 0.2) is 36.5 Å². The molecule has 1 heterocycles. The van der Waals surface area contributed by atoms with Crippen LogP contribution in [0.5, 0.6) is 5.88 Å². The van der Waals surface area contributed by atoms with Crippen molar-refractivity contribution in [1.82, 2.24) is 9.97 Å². The number of ether oxygens (including phenoxy) is 1. The number of nitrogens with zero attached hydrogens (tertiary/aromatic N) is 2. The van der Waals surface area contributed by atoms with E-state index in [9.17, 15) is 0 Å². The lowest BCUT2D eigenvalue weighted by atomic mass is 9.89. The summed E-state index contributed by atoms with van der Waals surface area (Å²) >= 11 is 0. The Hall–Kier alpha value is -2.10. The first kappa shape index (κ1) is 12.0. The van der Waals surface area contributed by atoms with Crippen molar-refractivity contribution < 1.29 is 4.74 Å². The summed E-state index contributed by atoms with van der Waals surface area (Å²) in [6.07, 6.45) is 5.15. The summed E-state index contributed by atoms with van der Waals surface area (Å²) < 4.78 is 6.03. The molecule has 0 saturated heterocycles. The van der Waals surface area contributed by atoms with E-state index >= 15 is 0 Å². The lowest BCUT2D eigenvalue weighted by Crippen LogP contribution is -2.15. The Bertz CT molecular complexity index is 571. The third kappa shape index (κ3) is 2.52. The Morgan fingerprint density at radius 2 is 2.16 bits per heavy atom. The number of anilines is 1. The van der Waals surface area contributed by atoms with E-state index in [2.05, 4.69) is 39.6 Å². The van der Waals surface area contributed by atoms with E-state index in [1.165, 1.54) is 11.1 Å². The van der Waals surface area contributed by atoms with E-state index in [0.717, 1.165) is 19.3 Å². The summed E-state index contributed by atoms with van der Waals surface area (Å²) in [5, 5.41) is 2.92. The lowest BCUT2D eigenvalue weighted by molar-refractivity contribution is 0.176. The maximum atomic E-state index is 6.03. The van der Waals surface area contributed by atoms with Crippen molar-refractivity contribution in [3.63, 3.8) is 0 Å². The molecule has 0 amide bonds. The van der Waals surface area contributed by atoms with Crippen LogP contribution in [0.2, 0.25) is 0 Å². The van der Waals surface area contributed by atoms with Gasteiger partial charge >= 0.3 is 0 Å². The molecule has 0 radical (unpaired) electrons. The van der Waals surface area contributed by atoms with Gasteiger partial charge in [0.05, 0.1) is 0 Å². The summed E-state index contributed by atoms with van der Waals surface area (Å²) in [7, 11) is 1.80. The largest absolute Gasteiger partial charge is 0.469 e. The predicted molar refractivity (Wildman–Crippen MR) is 74.3 cm³/mol. The number of aryl methyl sites for hydroxylation is 1. The van der Waals surface area contributed by atoms with Gasteiger partial charge in [0.2, 0.25) is 11.8 Å². The monoisotopic (exact) mass is 255 g/mol. The van der Waals surface area contributed by atoms with Gasteiger partial charge in [-0.05, 0) is 30.4 Å². The van der Waals surface area contributed by atoms with Gasteiger partial charge in [-0.15, -0.1) is 0 Å². The maximum absolute atomic E-state index is 6.03. The van der Waals surface area contributed by atoms with Crippen LogP contribution in [-0.4, -0.2) is 17.0 Å². The summed E-state index contributed by atoms with van der Waals surface area (Å²) in [5.41, 5.74) is 2.68. The molecule has 0 aliphatic heterocycles. The van der Waals surface area contributed by atoms with Crippen LogP contribution in [-0.2, 0) is 6.42 Å². The zero-order chi connectivity index (χ0) is 13.1. The Labute approximate surface area is 112 Å². The van der Waals surface area contributed by atoms with Crippen molar-refractivity contribution in [3.05, 3.63) is 47.7 Å². The molecular weight excluding hydrogens is 238 g/mol. The van der Waals surface area contributed by atoms with Crippen LogP contribution >= 0.6 is 0 Å². The number of benzene rings is 1. The number of aromatic nitrogens is 2. The van der Waals surface area contributed by atoms with Crippen molar-refractivity contribution in [2.45, 2.75) is 25.4 Å². The molecule has 1 aliphatic rings. The van der Waals surface area contributed by atoms with Gasteiger partial charge in [-0.25, -0.2) is 4.98 Å². The van der Waals surface area contributed by atoms with Gasteiger partial charge in [-0.2, -0.15) is 4.98 Å². The molecule has 3 rings (SSSR count). The zero-order valence-corrected chi connectivity index (χ0v) is 11.0. The van der Waals surface area contributed by atoms with Gasteiger partial charge < -0.3 is 10.1 Å². The molecule has 1 aliphatic carbocycles. The number of hydrogen-bond acceptors (Lipinski definition) is 4. The van der Waals surface area contributed by atoms with Crippen molar-refractivity contribution >= 4 is 5.95 Å². The fraction of sp³-hybridized carbons (Fsp3) is 0.333. The van der Waals surface area contributed by atoms with E-state index in [1.807, 2.05) is 0 Å². The van der Waals surface area contributed by atoms with Gasteiger partial charge in [-0.3, -0.25) is 0 Å². The fourth-order valence-corrected chi connectivity index (χ4v) is 2.51. The molecule has 1 atom stereocenters. The average molecular weight is 255 g/mol. The molecule has 19 heavy (non-hydrogen) atoms. The fourth-order valence-electron chi connectivity index (χ4n) is 2.51. The van der Waals surface area contributed by atoms with E-state index in [-0.39, 0.29) is 6.10 Å². The van der Waals surface area contributed by atoms with Gasteiger partial charge in [0, 0.05) is 19.3 Å². The van der Waals surface area contributed by atoms with E-state index in [0.29, 0.717) is 11.8 Å². The smallest absolute Gasteiger partial charge is 0.225 e. The topological polar surface area (TPSA) is 47.0 Å². The van der Waals surface area contributed by atoms with Gasteiger partial charge in [-0.1, -0.05) is 24.3 Å². The lowest BCUT2D eigenvalue weighted by Gasteiger charge is -2.25. The first-order valence-electron chi connectivity index (χ1n) is 6.62. The molecule has 98 valence electrons. The molecule has 0 saturated carbocycles. The minimum atomic E-state index is 0.101. The molecule has 2 aromatic rings. The average Bonchev–Trinajstić information content (AvgIpc) is 2.48. The molecule has 1 aromatic heterocycles. The molecular formula is C15H17N3O. The Balaban J connectivity index is 1.84. The van der Waals surface area contributed by atoms with Crippen molar-refractivity contribution in [3.8, 4) is 5.88 Å². The third-order valence-corrected chi connectivity index (χ3v) is 3.43.